The first-order chi connectivity index (χ1) is 11.1. The summed E-state index contributed by atoms with van der Waals surface area (Å²) in [5.41, 5.74) is 0.789. The number of aromatic nitrogens is 2. The average Bonchev–Trinajstić information content (AvgIpc) is 3.14. The number of nitrogens with zero attached hydrogens (tertiary/aromatic N) is 3. The lowest BCUT2D eigenvalue weighted by Gasteiger charge is -2.18. The second-order valence-corrected chi connectivity index (χ2v) is 7.12. The number of carbonyl (C=O) groups is 2. The quantitative estimate of drug-likeness (QED) is 0.864. The number of amides is 2. The molecule has 0 aliphatic carbocycles. The fourth-order valence-electron chi connectivity index (χ4n) is 2.44. The first kappa shape index (κ1) is 16.1. The third kappa shape index (κ3) is 3.42. The molecule has 1 atom stereocenters. The summed E-state index contributed by atoms with van der Waals surface area (Å²) in [5.74, 6) is -0.626. The maximum atomic E-state index is 12.4. The third-order valence-corrected chi connectivity index (χ3v) is 5.29. The summed E-state index contributed by atoms with van der Waals surface area (Å²) in [6, 6.07) is 7.50. The van der Waals surface area contributed by atoms with Crippen LogP contribution in [0.25, 0.3) is 0 Å². The fourth-order valence-corrected chi connectivity index (χ4v) is 3.62. The van der Waals surface area contributed by atoms with Gasteiger partial charge in [0.1, 0.15) is 5.01 Å². The minimum atomic E-state index is -0.386. The van der Waals surface area contributed by atoms with Gasteiger partial charge in [-0.1, -0.05) is 30.4 Å². The van der Waals surface area contributed by atoms with E-state index in [2.05, 4.69) is 31.4 Å². The molecule has 0 radical (unpaired) electrons. The number of aryl methyl sites for hydroxylation is 1. The van der Waals surface area contributed by atoms with Crippen molar-refractivity contribution in [3.8, 4) is 0 Å². The van der Waals surface area contributed by atoms with Gasteiger partial charge in [-0.05, 0) is 34.5 Å². The van der Waals surface area contributed by atoms with E-state index in [9.17, 15) is 9.59 Å². The number of benzene rings is 1. The SMILES string of the molecule is CCc1nnc(NC(=O)[C@H]2CC(=O)N(c3ccccc3Br)C2)s1. The van der Waals surface area contributed by atoms with Crippen LogP contribution in [0.2, 0.25) is 0 Å². The van der Waals surface area contributed by atoms with Crippen LogP contribution in [0.15, 0.2) is 28.7 Å². The van der Waals surface area contributed by atoms with Gasteiger partial charge in [-0.2, -0.15) is 0 Å². The number of hydrogen-bond donors (Lipinski definition) is 1. The number of halogens is 1. The van der Waals surface area contributed by atoms with Gasteiger partial charge in [-0.25, -0.2) is 0 Å². The van der Waals surface area contributed by atoms with Crippen LogP contribution in [0.4, 0.5) is 10.8 Å². The van der Waals surface area contributed by atoms with E-state index in [1.54, 1.807) is 4.90 Å². The highest BCUT2D eigenvalue weighted by Gasteiger charge is 2.36. The number of carbonyl (C=O) groups excluding carboxylic acids is 2. The molecule has 0 unspecified atom stereocenters. The highest BCUT2D eigenvalue weighted by molar-refractivity contribution is 9.10. The van der Waals surface area contributed by atoms with Crippen molar-refractivity contribution in [2.45, 2.75) is 19.8 Å². The van der Waals surface area contributed by atoms with Gasteiger partial charge in [0.2, 0.25) is 16.9 Å². The molecule has 0 saturated carbocycles. The van der Waals surface area contributed by atoms with Crippen molar-refractivity contribution in [2.75, 3.05) is 16.8 Å². The molecule has 2 amide bonds. The Kier molecular flexibility index (Phi) is 4.72. The Morgan fingerprint density at radius 2 is 2.22 bits per heavy atom. The molecule has 1 aliphatic rings. The summed E-state index contributed by atoms with van der Waals surface area (Å²) in [5, 5.41) is 12.0. The van der Waals surface area contributed by atoms with E-state index in [-0.39, 0.29) is 24.2 Å². The molecule has 0 bridgehead atoms. The topological polar surface area (TPSA) is 75.2 Å². The van der Waals surface area contributed by atoms with Crippen LogP contribution in [0.3, 0.4) is 0 Å². The molecule has 0 spiro atoms. The van der Waals surface area contributed by atoms with Crippen molar-refractivity contribution in [1.29, 1.82) is 0 Å². The molecule has 1 fully saturated rings. The summed E-state index contributed by atoms with van der Waals surface area (Å²) in [6.45, 7) is 2.35. The summed E-state index contributed by atoms with van der Waals surface area (Å²) < 4.78 is 0.839. The van der Waals surface area contributed by atoms with Gasteiger partial charge in [0.15, 0.2) is 0 Å². The minimum Gasteiger partial charge on any atom is -0.310 e. The molecular weight excluding hydrogens is 380 g/mol. The maximum Gasteiger partial charge on any atom is 0.231 e. The van der Waals surface area contributed by atoms with E-state index in [1.807, 2.05) is 31.2 Å². The van der Waals surface area contributed by atoms with Gasteiger partial charge in [-0.3, -0.25) is 9.59 Å². The summed E-state index contributed by atoms with van der Waals surface area (Å²) in [6.07, 6.45) is 0.984. The second-order valence-electron chi connectivity index (χ2n) is 5.20. The van der Waals surface area contributed by atoms with Crippen molar-refractivity contribution in [3.63, 3.8) is 0 Å². The van der Waals surface area contributed by atoms with Gasteiger partial charge >= 0.3 is 0 Å². The normalized spacial score (nSPS) is 17.6. The predicted molar refractivity (Wildman–Crippen MR) is 92.5 cm³/mol. The maximum absolute atomic E-state index is 12.4. The van der Waals surface area contributed by atoms with Gasteiger partial charge in [0, 0.05) is 17.4 Å². The lowest BCUT2D eigenvalue weighted by molar-refractivity contribution is -0.122. The number of para-hydroxylation sites is 1. The Morgan fingerprint density at radius 3 is 2.91 bits per heavy atom. The van der Waals surface area contributed by atoms with E-state index < -0.39 is 0 Å². The van der Waals surface area contributed by atoms with Gasteiger partial charge in [0.25, 0.3) is 0 Å². The van der Waals surface area contributed by atoms with E-state index in [1.165, 1.54) is 11.3 Å². The number of hydrogen-bond acceptors (Lipinski definition) is 5. The molecule has 1 aliphatic heterocycles. The Balaban J connectivity index is 1.69. The van der Waals surface area contributed by atoms with Crippen LogP contribution in [0.1, 0.15) is 18.4 Å². The van der Waals surface area contributed by atoms with E-state index in [0.717, 1.165) is 21.6 Å². The Morgan fingerprint density at radius 1 is 1.43 bits per heavy atom. The van der Waals surface area contributed by atoms with Crippen molar-refractivity contribution < 1.29 is 9.59 Å². The zero-order valence-electron chi connectivity index (χ0n) is 12.5. The molecule has 1 N–H and O–H groups in total. The van der Waals surface area contributed by atoms with E-state index >= 15 is 0 Å². The third-order valence-electron chi connectivity index (χ3n) is 3.64. The Bertz CT molecular complexity index is 749. The molecule has 6 nitrogen and oxygen atoms in total. The molecular formula is C15H15BrN4O2S. The summed E-state index contributed by atoms with van der Waals surface area (Å²) in [4.78, 5) is 26.2. The zero-order chi connectivity index (χ0) is 16.4. The van der Waals surface area contributed by atoms with Crippen LogP contribution < -0.4 is 10.2 Å². The zero-order valence-corrected chi connectivity index (χ0v) is 14.9. The highest BCUT2D eigenvalue weighted by atomic mass is 79.9. The van der Waals surface area contributed by atoms with Gasteiger partial charge in [-0.15, -0.1) is 10.2 Å². The van der Waals surface area contributed by atoms with Crippen LogP contribution >= 0.6 is 27.3 Å². The van der Waals surface area contributed by atoms with Crippen LogP contribution in [0, 0.1) is 5.92 Å². The van der Waals surface area contributed by atoms with E-state index in [4.69, 9.17) is 0 Å². The second kappa shape index (κ2) is 6.76. The van der Waals surface area contributed by atoms with Crippen molar-refractivity contribution in [1.82, 2.24) is 10.2 Å². The number of rotatable bonds is 4. The number of nitrogens with one attached hydrogen (secondary N) is 1. The van der Waals surface area contributed by atoms with Crippen molar-refractivity contribution in [2.24, 2.45) is 5.92 Å². The molecule has 23 heavy (non-hydrogen) atoms. The standard InChI is InChI=1S/C15H15BrN4O2S/c1-2-12-18-19-15(23-12)17-14(22)9-7-13(21)20(8-9)11-6-4-3-5-10(11)16/h3-6,9H,2,7-8H2,1H3,(H,17,19,22)/t9-/m0/s1. The molecule has 2 heterocycles. The molecule has 120 valence electrons. The monoisotopic (exact) mass is 394 g/mol. The summed E-state index contributed by atoms with van der Waals surface area (Å²) in [7, 11) is 0. The molecule has 8 heteroatoms. The van der Waals surface area contributed by atoms with Gasteiger partial charge < -0.3 is 10.2 Å². The Hall–Kier alpha value is -1.80. The van der Waals surface area contributed by atoms with Gasteiger partial charge in [0.05, 0.1) is 11.6 Å². The smallest absolute Gasteiger partial charge is 0.231 e. The molecule has 3 rings (SSSR count). The first-order valence-corrected chi connectivity index (χ1v) is 8.87. The lowest BCUT2D eigenvalue weighted by atomic mass is 10.1. The fraction of sp³-hybridized carbons (Fsp3) is 0.333. The number of anilines is 2. The minimum absolute atomic E-state index is 0.0523. The molecule has 1 aromatic heterocycles. The van der Waals surface area contributed by atoms with E-state index in [0.29, 0.717) is 11.7 Å². The molecule has 2 aromatic rings. The first-order valence-electron chi connectivity index (χ1n) is 7.26. The molecule has 1 saturated heterocycles. The summed E-state index contributed by atoms with van der Waals surface area (Å²) >= 11 is 4.80. The van der Waals surface area contributed by atoms with Crippen LogP contribution in [0.5, 0.6) is 0 Å². The predicted octanol–water partition coefficient (Wildman–Crippen LogP) is 2.85. The highest BCUT2D eigenvalue weighted by Crippen LogP contribution is 2.31. The lowest BCUT2D eigenvalue weighted by Crippen LogP contribution is -2.28. The van der Waals surface area contributed by atoms with Crippen molar-refractivity contribution >= 4 is 49.9 Å². The average molecular weight is 395 g/mol. The largest absolute Gasteiger partial charge is 0.310 e. The molecule has 1 aromatic carbocycles. The van der Waals surface area contributed by atoms with Crippen LogP contribution in [-0.2, 0) is 16.0 Å². The van der Waals surface area contributed by atoms with Crippen LogP contribution in [-0.4, -0.2) is 28.6 Å². The van der Waals surface area contributed by atoms with Crippen molar-refractivity contribution in [3.05, 3.63) is 33.7 Å². The Labute approximate surface area is 146 Å².